The molecule has 4 amide bonds. The highest BCUT2D eigenvalue weighted by Crippen LogP contribution is 2.38. The Bertz CT molecular complexity index is 1160. The van der Waals surface area contributed by atoms with E-state index >= 15 is 0 Å². The van der Waals surface area contributed by atoms with Gasteiger partial charge in [-0.2, -0.15) is 0 Å². The van der Waals surface area contributed by atoms with Gasteiger partial charge in [-0.15, -0.1) is 0 Å². The van der Waals surface area contributed by atoms with Crippen LogP contribution >= 0.6 is 0 Å². The molecule has 2 aromatic rings. The van der Waals surface area contributed by atoms with Gasteiger partial charge in [0.2, 0.25) is 0 Å². The number of carboxylic acid groups (broad SMARTS) is 1. The van der Waals surface area contributed by atoms with E-state index in [1.54, 1.807) is 69.3 Å². The van der Waals surface area contributed by atoms with Crippen LogP contribution < -0.4 is 10.2 Å². The second kappa shape index (κ2) is 8.69. The number of para-hydroxylation sites is 3. The standard InChI is InChI=1S/C24H26N4O6/c1-24(2,3)34-23(33)26-12-13-27(19(14-26)21(30)31)22(32)28-17-10-6-4-8-15(17)20(29)25-16-9-5-7-11-18(16)28/h4-11,19H,12-14H2,1-3H3,(H,25,29)(H,30,31)/t19-/m0/s1. The normalized spacial score (nSPS) is 17.8. The summed E-state index contributed by atoms with van der Waals surface area (Å²) >= 11 is 0. The van der Waals surface area contributed by atoms with Gasteiger partial charge in [-0.1, -0.05) is 24.3 Å². The maximum absolute atomic E-state index is 13.9. The van der Waals surface area contributed by atoms with Gasteiger partial charge < -0.3 is 25.0 Å². The molecule has 2 aromatic carbocycles. The lowest BCUT2D eigenvalue weighted by Crippen LogP contribution is -2.61. The lowest BCUT2D eigenvalue weighted by Gasteiger charge is -2.41. The lowest BCUT2D eigenvalue weighted by molar-refractivity contribution is -0.144. The number of nitrogens with one attached hydrogen (secondary N) is 1. The Kier molecular flexibility index (Phi) is 5.90. The second-order valence-corrected chi connectivity index (χ2v) is 9.08. The van der Waals surface area contributed by atoms with Crippen LogP contribution in [0.1, 0.15) is 31.1 Å². The molecule has 0 spiro atoms. The molecule has 0 aliphatic carbocycles. The number of aliphatic carboxylic acids is 1. The van der Waals surface area contributed by atoms with Crippen molar-refractivity contribution in [1.29, 1.82) is 0 Å². The van der Waals surface area contributed by atoms with Gasteiger partial charge in [0.15, 0.2) is 0 Å². The maximum atomic E-state index is 13.9. The van der Waals surface area contributed by atoms with E-state index in [1.165, 1.54) is 14.7 Å². The van der Waals surface area contributed by atoms with Crippen molar-refractivity contribution in [2.45, 2.75) is 32.4 Å². The fraction of sp³-hybridized carbons (Fsp3) is 0.333. The maximum Gasteiger partial charge on any atom is 0.410 e. The first kappa shape index (κ1) is 23.1. The molecular formula is C24H26N4O6. The van der Waals surface area contributed by atoms with Crippen LogP contribution in [0.25, 0.3) is 0 Å². The van der Waals surface area contributed by atoms with Crippen LogP contribution in [-0.4, -0.2) is 70.2 Å². The van der Waals surface area contributed by atoms with Gasteiger partial charge in [-0.3, -0.25) is 9.69 Å². The van der Waals surface area contributed by atoms with Crippen molar-refractivity contribution in [3.63, 3.8) is 0 Å². The van der Waals surface area contributed by atoms with Gasteiger partial charge in [-0.25, -0.2) is 14.4 Å². The van der Waals surface area contributed by atoms with Gasteiger partial charge in [0, 0.05) is 13.1 Å². The number of piperazine rings is 1. The van der Waals surface area contributed by atoms with Crippen LogP contribution in [0.4, 0.5) is 26.7 Å². The third-order valence-electron chi connectivity index (χ3n) is 5.54. The number of ether oxygens (including phenoxy) is 1. The quantitative estimate of drug-likeness (QED) is 0.664. The minimum absolute atomic E-state index is 0.0166. The average Bonchev–Trinajstić information content (AvgIpc) is 2.91. The van der Waals surface area contributed by atoms with E-state index in [2.05, 4.69) is 5.32 Å². The summed E-state index contributed by atoms with van der Waals surface area (Å²) in [6, 6.07) is 11.6. The first-order valence-corrected chi connectivity index (χ1v) is 10.9. The topological polar surface area (TPSA) is 119 Å². The summed E-state index contributed by atoms with van der Waals surface area (Å²) in [7, 11) is 0. The summed E-state index contributed by atoms with van der Waals surface area (Å²) in [6.45, 7) is 5.05. The molecule has 0 saturated carbocycles. The number of anilines is 3. The molecule has 1 fully saturated rings. The molecule has 10 nitrogen and oxygen atoms in total. The Hall–Kier alpha value is -4.08. The van der Waals surface area contributed by atoms with Gasteiger partial charge in [0.25, 0.3) is 5.91 Å². The number of amides is 4. The van der Waals surface area contributed by atoms with Crippen molar-refractivity contribution >= 4 is 41.1 Å². The number of nitrogens with zero attached hydrogens (tertiary/aromatic N) is 3. The molecule has 10 heteroatoms. The number of urea groups is 1. The van der Waals surface area contributed by atoms with Crippen molar-refractivity contribution < 1.29 is 29.0 Å². The summed E-state index contributed by atoms with van der Waals surface area (Å²) in [5, 5.41) is 12.7. The van der Waals surface area contributed by atoms with E-state index < -0.39 is 29.7 Å². The van der Waals surface area contributed by atoms with E-state index in [9.17, 15) is 24.3 Å². The largest absolute Gasteiger partial charge is 0.480 e. The van der Waals surface area contributed by atoms with E-state index in [-0.39, 0.29) is 31.1 Å². The Balaban J connectivity index is 1.70. The van der Waals surface area contributed by atoms with E-state index in [4.69, 9.17) is 4.74 Å². The zero-order valence-corrected chi connectivity index (χ0v) is 19.1. The second-order valence-electron chi connectivity index (χ2n) is 9.08. The smallest absolute Gasteiger partial charge is 0.410 e. The number of rotatable bonds is 1. The number of hydrogen-bond donors (Lipinski definition) is 2. The highest BCUT2D eigenvalue weighted by Gasteiger charge is 2.42. The zero-order chi connectivity index (χ0) is 24.6. The van der Waals surface area contributed by atoms with E-state index in [1.807, 2.05) is 0 Å². The van der Waals surface area contributed by atoms with E-state index in [0.29, 0.717) is 17.1 Å². The van der Waals surface area contributed by atoms with Crippen LogP contribution in [0.5, 0.6) is 0 Å². The number of carboxylic acids is 1. The SMILES string of the molecule is CC(C)(C)OC(=O)N1CCN(C(=O)N2c3ccccc3NC(=O)c3ccccc32)[C@H](C(=O)O)C1. The molecular weight excluding hydrogens is 440 g/mol. The molecule has 4 rings (SSSR count). The van der Waals surface area contributed by atoms with Crippen LogP contribution in [0, 0.1) is 0 Å². The molecule has 178 valence electrons. The average molecular weight is 466 g/mol. The Labute approximate surface area is 196 Å². The van der Waals surface area contributed by atoms with Crippen LogP contribution in [-0.2, 0) is 9.53 Å². The molecule has 1 atom stereocenters. The summed E-state index contributed by atoms with van der Waals surface area (Å²) in [5.41, 5.74) is 0.739. The predicted octanol–water partition coefficient (Wildman–Crippen LogP) is 3.52. The number of benzene rings is 2. The fourth-order valence-electron chi connectivity index (χ4n) is 4.00. The number of fused-ring (bicyclic) bond motifs is 2. The van der Waals surface area contributed by atoms with Crippen molar-refractivity contribution in [3.8, 4) is 0 Å². The van der Waals surface area contributed by atoms with Crippen molar-refractivity contribution in [3.05, 3.63) is 54.1 Å². The van der Waals surface area contributed by atoms with Crippen molar-refractivity contribution in [1.82, 2.24) is 9.80 Å². The molecule has 2 N–H and O–H groups in total. The highest BCUT2D eigenvalue weighted by atomic mass is 16.6. The zero-order valence-electron chi connectivity index (χ0n) is 19.1. The van der Waals surface area contributed by atoms with Gasteiger partial charge in [0.1, 0.15) is 11.6 Å². The minimum atomic E-state index is -1.29. The first-order chi connectivity index (χ1) is 16.1. The molecule has 1 saturated heterocycles. The third kappa shape index (κ3) is 4.39. The first-order valence-electron chi connectivity index (χ1n) is 10.9. The molecule has 34 heavy (non-hydrogen) atoms. The van der Waals surface area contributed by atoms with Gasteiger partial charge in [-0.05, 0) is 45.0 Å². The molecule has 0 radical (unpaired) electrons. The van der Waals surface area contributed by atoms with Crippen LogP contribution in [0.2, 0.25) is 0 Å². The minimum Gasteiger partial charge on any atom is -0.480 e. The summed E-state index contributed by atoms with van der Waals surface area (Å²) in [4.78, 5) is 55.2. The monoisotopic (exact) mass is 466 g/mol. The fourth-order valence-corrected chi connectivity index (χ4v) is 4.00. The van der Waals surface area contributed by atoms with Crippen molar-refractivity contribution in [2.24, 2.45) is 0 Å². The molecule has 0 aromatic heterocycles. The highest BCUT2D eigenvalue weighted by molar-refractivity contribution is 6.17. The Morgan fingerprint density at radius 3 is 2.32 bits per heavy atom. The summed E-state index contributed by atoms with van der Waals surface area (Å²) in [6.07, 6.45) is -0.633. The van der Waals surface area contributed by atoms with Gasteiger partial charge in [0.05, 0.1) is 29.2 Å². The number of carbonyl (C=O) groups is 4. The number of carbonyl (C=O) groups excluding carboxylic acids is 3. The summed E-state index contributed by atoms with van der Waals surface area (Å²) < 4.78 is 5.37. The van der Waals surface area contributed by atoms with Crippen LogP contribution in [0.15, 0.2) is 48.5 Å². The van der Waals surface area contributed by atoms with Crippen molar-refractivity contribution in [2.75, 3.05) is 29.9 Å². The molecule has 0 bridgehead atoms. The van der Waals surface area contributed by atoms with Crippen LogP contribution in [0.3, 0.4) is 0 Å². The number of hydrogen-bond acceptors (Lipinski definition) is 5. The predicted molar refractivity (Wildman–Crippen MR) is 124 cm³/mol. The molecule has 0 unspecified atom stereocenters. The van der Waals surface area contributed by atoms with Gasteiger partial charge >= 0.3 is 18.1 Å². The third-order valence-corrected chi connectivity index (χ3v) is 5.54. The molecule has 2 heterocycles. The molecule has 2 aliphatic rings. The lowest BCUT2D eigenvalue weighted by atomic mass is 10.1. The Morgan fingerprint density at radius 1 is 1.00 bits per heavy atom. The van der Waals surface area contributed by atoms with E-state index in [0.717, 1.165) is 0 Å². The summed E-state index contributed by atoms with van der Waals surface area (Å²) in [5.74, 6) is -1.62. The molecule has 2 aliphatic heterocycles. The Morgan fingerprint density at radius 2 is 1.65 bits per heavy atom.